The second-order valence-electron chi connectivity index (χ2n) is 8.10. The topological polar surface area (TPSA) is 89.3 Å². The predicted octanol–water partition coefficient (Wildman–Crippen LogP) is 4.26. The molecule has 1 aliphatic rings. The Labute approximate surface area is 197 Å². The minimum Gasteiger partial charge on any atom is -0.495 e. The molecular weight excluding hydrogens is 438 g/mol. The van der Waals surface area contributed by atoms with Crippen LogP contribution in [-0.4, -0.2) is 46.0 Å². The average molecular weight is 466 g/mol. The maximum Gasteiger partial charge on any atom is 0.234 e. The average Bonchev–Trinajstić information content (AvgIpc) is 3.46. The predicted molar refractivity (Wildman–Crippen MR) is 129 cm³/mol. The first kappa shape index (κ1) is 22.8. The van der Waals surface area contributed by atoms with Crippen LogP contribution in [0.15, 0.2) is 53.9 Å². The van der Waals surface area contributed by atoms with Crippen molar-refractivity contribution in [2.45, 2.75) is 37.8 Å². The number of thioether (sulfide) groups is 1. The van der Waals surface area contributed by atoms with Crippen LogP contribution in [0, 0.1) is 0 Å². The Hall–Kier alpha value is -3.33. The molecule has 1 saturated heterocycles. The lowest BCUT2D eigenvalue weighted by molar-refractivity contribution is -0.117. The van der Waals surface area contributed by atoms with Gasteiger partial charge in [-0.3, -0.25) is 14.2 Å². The van der Waals surface area contributed by atoms with Crippen molar-refractivity contribution in [2.75, 3.05) is 29.6 Å². The quantitative estimate of drug-likeness (QED) is 0.500. The van der Waals surface area contributed by atoms with Crippen LogP contribution in [0.2, 0.25) is 0 Å². The number of hydrogen-bond donors (Lipinski definition) is 1. The van der Waals surface area contributed by atoms with E-state index >= 15 is 0 Å². The zero-order valence-corrected chi connectivity index (χ0v) is 19.8. The summed E-state index contributed by atoms with van der Waals surface area (Å²) in [5.41, 5.74) is 3.49. The van der Waals surface area contributed by atoms with Crippen LogP contribution in [0.25, 0.3) is 5.69 Å². The Morgan fingerprint density at radius 2 is 2.00 bits per heavy atom. The van der Waals surface area contributed by atoms with Gasteiger partial charge >= 0.3 is 0 Å². The SMILES string of the molecule is COc1ccc(NC(=O)CSc2nncn2-c2ccc(C(C)C)cc2)cc1N1CCCC1=O. The number of rotatable bonds is 8. The standard InChI is InChI=1S/C24H27N5O3S/c1-16(2)17-6-9-19(10-7-17)29-15-25-27-24(29)33-14-22(30)26-18-8-11-21(32-3)20(13-18)28-12-4-5-23(28)31/h6-11,13,15-16H,4-5,12,14H2,1-3H3,(H,26,30). The Morgan fingerprint density at radius 1 is 1.21 bits per heavy atom. The lowest BCUT2D eigenvalue weighted by Gasteiger charge is -2.20. The monoisotopic (exact) mass is 465 g/mol. The van der Waals surface area contributed by atoms with E-state index in [1.54, 1.807) is 36.5 Å². The molecule has 0 radical (unpaired) electrons. The number of carbonyl (C=O) groups is 2. The van der Waals surface area contributed by atoms with Gasteiger partial charge in [-0.2, -0.15) is 0 Å². The molecule has 0 atom stereocenters. The second kappa shape index (κ2) is 10.1. The van der Waals surface area contributed by atoms with Gasteiger partial charge < -0.3 is 15.0 Å². The van der Waals surface area contributed by atoms with E-state index in [0.717, 1.165) is 12.1 Å². The highest BCUT2D eigenvalue weighted by molar-refractivity contribution is 7.99. The van der Waals surface area contributed by atoms with Crippen LogP contribution in [0.4, 0.5) is 11.4 Å². The molecule has 0 spiro atoms. The molecular formula is C24H27N5O3S. The molecule has 1 N–H and O–H groups in total. The van der Waals surface area contributed by atoms with Crippen molar-refractivity contribution < 1.29 is 14.3 Å². The third-order valence-electron chi connectivity index (χ3n) is 5.51. The van der Waals surface area contributed by atoms with Gasteiger partial charge in [0.15, 0.2) is 5.16 Å². The van der Waals surface area contributed by atoms with E-state index in [4.69, 9.17) is 4.74 Å². The fourth-order valence-electron chi connectivity index (χ4n) is 3.73. The minimum absolute atomic E-state index is 0.0631. The molecule has 9 heteroatoms. The largest absolute Gasteiger partial charge is 0.495 e. The normalized spacial score (nSPS) is 13.6. The van der Waals surface area contributed by atoms with Gasteiger partial charge in [0.25, 0.3) is 0 Å². The number of anilines is 2. The van der Waals surface area contributed by atoms with E-state index in [9.17, 15) is 9.59 Å². The molecule has 0 aliphatic carbocycles. The van der Waals surface area contributed by atoms with Crippen molar-refractivity contribution in [1.82, 2.24) is 14.8 Å². The highest BCUT2D eigenvalue weighted by Crippen LogP contribution is 2.34. The molecule has 2 heterocycles. The number of methoxy groups -OCH3 is 1. The first-order valence-corrected chi connectivity index (χ1v) is 11.9. The van der Waals surface area contributed by atoms with Crippen molar-refractivity contribution in [2.24, 2.45) is 0 Å². The molecule has 1 aliphatic heterocycles. The third-order valence-corrected chi connectivity index (χ3v) is 6.46. The molecule has 1 aromatic heterocycles. The summed E-state index contributed by atoms with van der Waals surface area (Å²) in [6, 6.07) is 13.6. The van der Waals surface area contributed by atoms with Crippen LogP contribution >= 0.6 is 11.8 Å². The van der Waals surface area contributed by atoms with Crippen molar-refractivity contribution in [1.29, 1.82) is 0 Å². The number of amides is 2. The lowest BCUT2D eigenvalue weighted by atomic mass is 10.0. The summed E-state index contributed by atoms with van der Waals surface area (Å²) in [6.07, 6.45) is 2.99. The van der Waals surface area contributed by atoms with Crippen molar-refractivity contribution >= 4 is 35.0 Å². The van der Waals surface area contributed by atoms with Crippen LogP contribution in [-0.2, 0) is 9.59 Å². The van der Waals surface area contributed by atoms with E-state index < -0.39 is 0 Å². The van der Waals surface area contributed by atoms with Gasteiger partial charge in [-0.25, -0.2) is 0 Å². The molecule has 33 heavy (non-hydrogen) atoms. The fourth-order valence-corrected chi connectivity index (χ4v) is 4.46. The van der Waals surface area contributed by atoms with Gasteiger partial charge in [-0.15, -0.1) is 10.2 Å². The van der Waals surface area contributed by atoms with E-state index in [1.165, 1.54) is 17.3 Å². The molecule has 2 amide bonds. The molecule has 3 aromatic rings. The first-order chi connectivity index (χ1) is 16.0. The van der Waals surface area contributed by atoms with Gasteiger partial charge in [0, 0.05) is 24.3 Å². The summed E-state index contributed by atoms with van der Waals surface area (Å²) < 4.78 is 7.28. The van der Waals surface area contributed by atoms with E-state index in [0.29, 0.717) is 41.2 Å². The minimum atomic E-state index is -0.173. The number of ether oxygens (including phenoxy) is 1. The zero-order chi connectivity index (χ0) is 23.4. The third kappa shape index (κ3) is 5.19. The lowest BCUT2D eigenvalue weighted by Crippen LogP contribution is -2.24. The summed E-state index contributed by atoms with van der Waals surface area (Å²) in [6.45, 7) is 4.96. The Kier molecular flexibility index (Phi) is 6.98. The Balaban J connectivity index is 1.42. The van der Waals surface area contributed by atoms with Crippen LogP contribution in [0.5, 0.6) is 5.75 Å². The van der Waals surface area contributed by atoms with Crippen LogP contribution in [0.1, 0.15) is 38.2 Å². The number of aromatic nitrogens is 3. The molecule has 0 unspecified atom stereocenters. The first-order valence-electron chi connectivity index (χ1n) is 10.9. The second-order valence-corrected chi connectivity index (χ2v) is 9.04. The Morgan fingerprint density at radius 3 is 2.67 bits per heavy atom. The highest BCUT2D eigenvalue weighted by atomic mass is 32.2. The van der Waals surface area contributed by atoms with Gasteiger partial charge in [-0.1, -0.05) is 37.7 Å². The van der Waals surface area contributed by atoms with Gasteiger partial charge in [0.05, 0.1) is 18.6 Å². The number of nitrogens with one attached hydrogen (secondary N) is 1. The molecule has 8 nitrogen and oxygen atoms in total. The van der Waals surface area contributed by atoms with Crippen LogP contribution < -0.4 is 15.0 Å². The van der Waals surface area contributed by atoms with Crippen LogP contribution in [0.3, 0.4) is 0 Å². The Bertz CT molecular complexity index is 1140. The summed E-state index contributed by atoms with van der Waals surface area (Å²) in [7, 11) is 1.57. The number of carbonyl (C=O) groups excluding carboxylic acids is 2. The summed E-state index contributed by atoms with van der Waals surface area (Å²) >= 11 is 1.31. The molecule has 0 saturated carbocycles. The van der Waals surface area contributed by atoms with Gasteiger partial charge in [-0.05, 0) is 48.2 Å². The maximum atomic E-state index is 12.6. The zero-order valence-electron chi connectivity index (χ0n) is 18.9. The number of benzene rings is 2. The van der Waals surface area contributed by atoms with Crippen molar-refractivity contribution in [3.63, 3.8) is 0 Å². The molecule has 4 rings (SSSR count). The van der Waals surface area contributed by atoms with Crippen molar-refractivity contribution in [3.8, 4) is 11.4 Å². The molecule has 172 valence electrons. The van der Waals surface area contributed by atoms with Crippen molar-refractivity contribution in [3.05, 3.63) is 54.4 Å². The summed E-state index contributed by atoms with van der Waals surface area (Å²) in [5.74, 6) is 1.13. The number of hydrogen-bond acceptors (Lipinski definition) is 6. The van der Waals surface area contributed by atoms with Gasteiger partial charge in [0.2, 0.25) is 11.8 Å². The number of nitrogens with zero attached hydrogens (tertiary/aromatic N) is 4. The molecule has 1 fully saturated rings. The molecule has 0 bridgehead atoms. The maximum absolute atomic E-state index is 12.6. The molecule has 2 aromatic carbocycles. The van der Waals surface area contributed by atoms with E-state index in [-0.39, 0.29) is 17.6 Å². The highest BCUT2D eigenvalue weighted by Gasteiger charge is 2.25. The summed E-state index contributed by atoms with van der Waals surface area (Å²) in [4.78, 5) is 26.5. The van der Waals surface area contributed by atoms with Gasteiger partial charge in [0.1, 0.15) is 12.1 Å². The van der Waals surface area contributed by atoms with E-state index in [1.807, 2.05) is 16.7 Å². The summed E-state index contributed by atoms with van der Waals surface area (Å²) in [5, 5.41) is 11.7. The van der Waals surface area contributed by atoms with E-state index in [2.05, 4.69) is 41.5 Å². The smallest absolute Gasteiger partial charge is 0.234 e. The fraction of sp³-hybridized carbons (Fsp3) is 0.333.